The molecule has 0 aromatic carbocycles. The molecule has 2 N–H and O–H groups in total. The lowest BCUT2D eigenvalue weighted by Gasteiger charge is -1.91. The number of aromatic nitrogens is 4. The van der Waals surface area contributed by atoms with Gasteiger partial charge in [0.05, 0.1) is 12.5 Å². The van der Waals surface area contributed by atoms with Crippen LogP contribution in [0, 0.1) is 0 Å². The Morgan fingerprint density at radius 2 is 2.38 bits per heavy atom. The molecule has 7 nitrogen and oxygen atoms in total. The topological polar surface area (TPSA) is 101 Å². The lowest BCUT2D eigenvalue weighted by atomic mass is 10.4. The highest BCUT2D eigenvalue weighted by Crippen LogP contribution is 2.02. The Morgan fingerprint density at radius 1 is 1.62 bits per heavy atom. The van der Waals surface area contributed by atoms with Crippen LogP contribution in [-0.4, -0.2) is 30.9 Å². The first-order valence-electron chi connectivity index (χ1n) is 3.35. The number of fused-ring (bicyclic) bond motifs is 1. The van der Waals surface area contributed by atoms with Crippen LogP contribution in [0.1, 0.15) is 0 Å². The van der Waals surface area contributed by atoms with Crippen LogP contribution in [0.4, 0.5) is 4.79 Å². The molecule has 2 aromatic heterocycles. The number of rotatable bonds is 0. The molecule has 0 spiro atoms. The summed E-state index contributed by atoms with van der Waals surface area (Å²) in [7, 11) is 0. The van der Waals surface area contributed by atoms with E-state index in [0.29, 0.717) is 4.68 Å². The van der Waals surface area contributed by atoms with Gasteiger partial charge in [-0.2, -0.15) is 5.10 Å². The van der Waals surface area contributed by atoms with Gasteiger partial charge >= 0.3 is 6.09 Å². The van der Waals surface area contributed by atoms with Crippen molar-refractivity contribution >= 4 is 17.1 Å². The Balaban J connectivity index is 2.91. The van der Waals surface area contributed by atoms with E-state index in [-0.39, 0.29) is 11.0 Å². The Labute approximate surface area is 70.6 Å². The molecule has 7 heteroatoms. The summed E-state index contributed by atoms with van der Waals surface area (Å²) in [6.07, 6.45) is 1.02. The second-order valence-corrected chi connectivity index (χ2v) is 2.31. The molecule has 0 saturated carbocycles. The zero-order chi connectivity index (χ0) is 9.42. The first kappa shape index (κ1) is 7.47. The fraction of sp³-hybridized carbons (Fsp3) is 0. The van der Waals surface area contributed by atoms with Crippen molar-refractivity contribution in [2.24, 2.45) is 0 Å². The largest absolute Gasteiger partial charge is 0.463 e. The summed E-state index contributed by atoms with van der Waals surface area (Å²) in [6, 6.07) is 0. The van der Waals surface area contributed by atoms with Gasteiger partial charge in [-0.15, -0.1) is 4.68 Å². The summed E-state index contributed by atoms with van der Waals surface area (Å²) < 4.78 is 0.643. The zero-order valence-electron chi connectivity index (χ0n) is 6.26. The highest BCUT2D eigenvalue weighted by molar-refractivity contribution is 5.82. The number of H-pyrrole nitrogens is 1. The summed E-state index contributed by atoms with van der Waals surface area (Å²) >= 11 is 0. The van der Waals surface area contributed by atoms with Crippen molar-refractivity contribution in [2.45, 2.75) is 0 Å². The Kier molecular flexibility index (Phi) is 1.38. The van der Waals surface area contributed by atoms with Crippen LogP contribution in [-0.2, 0) is 0 Å². The second kappa shape index (κ2) is 2.41. The number of carboxylic acid groups (broad SMARTS) is 1. The fourth-order valence-corrected chi connectivity index (χ4v) is 0.996. The molecule has 0 amide bonds. The fourth-order valence-electron chi connectivity index (χ4n) is 0.996. The van der Waals surface area contributed by atoms with Crippen LogP contribution < -0.4 is 5.56 Å². The Bertz CT molecular complexity index is 526. The third-order valence-corrected chi connectivity index (χ3v) is 1.55. The van der Waals surface area contributed by atoms with Gasteiger partial charge in [-0.3, -0.25) is 4.79 Å². The van der Waals surface area contributed by atoms with Crippen molar-refractivity contribution < 1.29 is 9.90 Å². The minimum absolute atomic E-state index is 0.0382. The molecular weight excluding hydrogens is 176 g/mol. The monoisotopic (exact) mass is 180 g/mol. The maximum atomic E-state index is 11.1. The van der Waals surface area contributed by atoms with Gasteiger partial charge in [0, 0.05) is 0 Å². The van der Waals surface area contributed by atoms with Crippen LogP contribution in [0.3, 0.4) is 0 Å². The number of aromatic amines is 1. The number of hydrogen-bond acceptors (Lipinski definition) is 4. The quantitative estimate of drug-likeness (QED) is 0.576. The van der Waals surface area contributed by atoms with Crippen LogP contribution >= 0.6 is 0 Å². The molecule has 13 heavy (non-hydrogen) atoms. The Morgan fingerprint density at radius 3 is 3.08 bits per heavy atom. The van der Waals surface area contributed by atoms with E-state index in [0.717, 1.165) is 12.5 Å². The van der Waals surface area contributed by atoms with E-state index in [1.165, 1.54) is 0 Å². The van der Waals surface area contributed by atoms with Crippen molar-refractivity contribution in [3.05, 3.63) is 22.9 Å². The third-order valence-electron chi connectivity index (χ3n) is 1.55. The van der Waals surface area contributed by atoms with Crippen molar-refractivity contribution in [2.75, 3.05) is 0 Å². The molecule has 0 bridgehead atoms. The SMILES string of the molecule is O=C(O)n1ncc2c(=O)[nH]cnc21. The van der Waals surface area contributed by atoms with E-state index in [1.54, 1.807) is 0 Å². The molecule has 2 heterocycles. The van der Waals surface area contributed by atoms with Crippen LogP contribution in [0.25, 0.3) is 11.0 Å². The van der Waals surface area contributed by atoms with Gasteiger partial charge in [0.2, 0.25) is 0 Å². The van der Waals surface area contributed by atoms with Gasteiger partial charge < -0.3 is 10.1 Å². The average Bonchev–Trinajstić information content (AvgIpc) is 2.48. The van der Waals surface area contributed by atoms with Crippen molar-refractivity contribution in [3.8, 4) is 0 Å². The van der Waals surface area contributed by atoms with E-state index in [9.17, 15) is 9.59 Å². The molecule has 66 valence electrons. The first-order chi connectivity index (χ1) is 6.20. The predicted molar refractivity (Wildman–Crippen MR) is 41.6 cm³/mol. The first-order valence-corrected chi connectivity index (χ1v) is 3.35. The molecule has 0 atom stereocenters. The molecule has 0 aliphatic heterocycles. The highest BCUT2D eigenvalue weighted by Gasteiger charge is 2.10. The molecule has 2 rings (SSSR count). The van der Waals surface area contributed by atoms with Gasteiger partial charge in [0.15, 0.2) is 5.65 Å². The Hall–Kier alpha value is -2.18. The summed E-state index contributed by atoms with van der Waals surface area (Å²) in [6.45, 7) is 0. The lowest BCUT2D eigenvalue weighted by Crippen LogP contribution is -2.12. The van der Waals surface area contributed by atoms with Crippen LogP contribution in [0.15, 0.2) is 17.3 Å². The minimum atomic E-state index is -1.27. The van der Waals surface area contributed by atoms with E-state index >= 15 is 0 Å². The van der Waals surface area contributed by atoms with Gasteiger partial charge in [0.25, 0.3) is 5.56 Å². The van der Waals surface area contributed by atoms with Gasteiger partial charge in [0.1, 0.15) is 5.39 Å². The number of nitrogens with one attached hydrogen (secondary N) is 1. The summed E-state index contributed by atoms with van der Waals surface area (Å²) in [5.41, 5.74) is -0.367. The molecule has 0 aliphatic carbocycles. The van der Waals surface area contributed by atoms with Crippen molar-refractivity contribution in [1.29, 1.82) is 0 Å². The third kappa shape index (κ3) is 0.975. The molecule has 0 unspecified atom stereocenters. The normalized spacial score (nSPS) is 10.5. The van der Waals surface area contributed by atoms with E-state index in [2.05, 4.69) is 15.1 Å². The van der Waals surface area contributed by atoms with E-state index in [4.69, 9.17) is 5.11 Å². The van der Waals surface area contributed by atoms with Gasteiger partial charge in [-0.25, -0.2) is 9.78 Å². The standard InChI is InChI=1S/C6H4N4O3/c11-5-3-1-9-10(6(12)13)4(3)7-2-8-5/h1-2H,(H,12,13)(H,7,8,11). The number of carbonyl (C=O) groups is 1. The maximum Gasteiger partial charge on any atom is 0.434 e. The molecular formula is C6H4N4O3. The summed E-state index contributed by atoms with van der Waals surface area (Å²) in [4.78, 5) is 27.6. The maximum absolute atomic E-state index is 11.1. The molecule has 0 saturated heterocycles. The van der Waals surface area contributed by atoms with Gasteiger partial charge in [-0.1, -0.05) is 0 Å². The molecule has 0 radical (unpaired) electrons. The van der Waals surface area contributed by atoms with E-state index in [1.807, 2.05) is 0 Å². The van der Waals surface area contributed by atoms with Crippen LogP contribution in [0.5, 0.6) is 0 Å². The van der Waals surface area contributed by atoms with Crippen molar-refractivity contribution in [3.63, 3.8) is 0 Å². The van der Waals surface area contributed by atoms with Crippen molar-refractivity contribution in [1.82, 2.24) is 19.7 Å². The lowest BCUT2D eigenvalue weighted by molar-refractivity contribution is 0.194. The highest BCUT2D eigenvalue weighted by atomic mass is 16.4. The number of hydrogen-bond donors (Lipinski definition) is 2. The number of nitrogens with zero attached hydrogens (tertiary/aromatic N) is 3. The van der Waals surface area contributed by atoms with Gasteiger partial charge in [-0.05, 0) is 0 Å². The molecule has 0 aliphatic rings. The predicted octanol–water partition coefficient (Wildman–Crippen LogP) is -0.354. The smallest absolute Gasteiger partial charge is 0.434 e. The average molecular weight is 180 g/mol. The van der Waals surface area contributed by atoms with Crippen LogP contribution in [0.2, 0.25) is 0 Å². The zero-order valence-corrected chi connectivity index (χ0v) is 6.26. The molecule has 2 aromatic rings. The second-order valence-electron chi connectivity index (χ2n) is 2.31. The summed E-state index contributed by atoms with van der Waals surface area (Å²) in [5.74, 6) is 0. The summed E-state index contributed by atoms with van der Waals surface area (Å²) in [5, 5.41) is 12.3. The van der Waals surface area contributed by atoms with E-state index < -0.39 is 11.7 Å². The minimum Gasteiger partial charge on any atom is -0.463 e. The molecule has 0 fully saturated rings.